The molecule has 0 aromatic carbocycles. The molecule has 2 N–H and O–H groups in total. The Morgan fingerprint density at radius 1 is 1.58 bits per heavy atom. The van der Waals surface area contributed by atoms with Gasteiger partial charge in [-0.3, -0.25) is 0 Å². The zero-order chi connectivity index (χ0) is 8.39. The largest absolute Gasteiger partial charge is 0.375 e. The fourth-order valence-electron chi connectivity index (χ4n) is 0.876. The van der Waals surface area contributed by atoms with Crippen molar-refractivity contribution in [2.75, 3.05) is 5.73 Å². The van der Waals surface area contributed by atoms with Gasteiger partial charge < -0.3 is 5.73 Å². The lowest BCUT2D eigenvalue weighted by atomic mass is 10.5. The predicted molar refractivity (Wildman–Crippen MR) is 45.7 cm³/mol. The third kappa shape index (κ3) is 1.42. The summed E-state index contributed by atoms with van der Waals surface area (Å²) in [6.07, 6.45) is 3.14. The summed E-state index contributed by atoms with van der Waals surface area (Å²) >= 11 is 1.43. The number of nitrogen functional groups attached to an aromatic ring is 1. The predicted octanol–water partition coefficient (Wildman–Crippen LogP) is 0.365. The SMILES string of the molecule is Nc1nc(Cn2cncn2)cs1. The Morgan fingerprint density at radius 3 is 3.08 bits per heavy atom. The van der Waals surface area contributed by atoms with Crippen LogP contribution in [0.2, 0.25) is 0 Å². The van der Waals surface area contributed by atoms with Crippen LogP contribution in [0.4, 0.5) is 5.13 Å². The highest BCUT2D eigenvalue weighted by molar-refractivity contribution is 7.13. The Labute approximate surface area is 72.9 Å². The average molecular weight is 181 g/mol. The lowest BCUT2D eigenvalue weighted by molar-refractivity contribution is 0.674. The summed E-state index contributed by atoms with van der Waals surface area (Å²) in [5.41, 5.74) is 6.39. The smallest absolute Gasteiger partial charge is 0.180 e. The summed E-state index contributed by atoms with van der Waals surface area (Å²) in [4.78, 5) is 7.91. The minimum atomic E-state index is 0.588. The molecule has 2 aromatic heterocycles. The highest BCUT2D eigenvalue weighted by Gasteiger charge is 1.99. The zero-order valence-corrected chi connectivity index (χ0v) is 7.03. The Balaban J connectivity index is 2.14. The minimum Gasteiger partial charge on any atom is -0.375 e. The highest BCUT2D eigenvalue weighted by atomic mass is 32.1. The lowest BCUT2D eigenvalue weighted by Gasteiger charge is -1.93. The van der Waals surface area contributed by atoms with Crippen molar-refractivity contribution in [1.82, 2.24) is 19.7 Å². The molecule has 0 aliphatic rings. The second kappa shape index (κ2) is 2.90. The van der Waals surface area contributed by atoms with Gasteiger partial charge in [0.05, 0.1) is 12.2 Å². The molecule has 0 aliphatic carbocycles. The van der Waals surface area contributed by atoms with E-state index in [-0.39, 0.29) is 0 Å². The standard InChI is InChI=1S/C6H7N5S/c7-6-10-5(2-12-6)1-11-4-8-3-9-11/h2-4H,1H2,(H2,7,10). The van der Waals surface area contributed by atoms with Gasteiger partial charge in [-0.05, 0) is 0 Å². The molecule has 2 rings (SSSR count). The normalized spacial score (nSPS) is 10.3. The van der Waals surface area contributed by atoms with E-state index in [4.69, 9.17) is 5.73 Å². The summed E-state index contributed by atoms with van der Waals surface area (Å²) in [6, 6.07) is 0. The molecule has 0 fully saturated rings. The van der Waals surface area contributed by atoms with Crippen molar-refractivity contribution in [3.63, 3.8) is 0 Å². The maximum Gasteiger partial charge on any atom is 0.180 e. The number of aromatic nitrogens is 4. The van der Waals surface area contributed by atoms with Gasteiger partial charge in [-0.2, -0.15) is 5.10 Å². The molecule has 2 aromatic rings. The van der Waals surface area contributed by atoms with Crippen molar-refractivity contribution in [1.29, 1.82) is 0 Å². The molecule has 12 heavy (non-hydrogen) atoms. The second-order valence-corrected chi connectivity index (χ2v) is 3.16. The quantitative estimate of drug-likeness (QED) is 0.726. The first-order valence-corrected chi connectivity index (χ1v) is 4.25. The summed E-state index contributed by atoms with van der Waals surface area (Å²) in [5, 5.41) is 6.45. The fourth-order valence-corrected chi connectivity index (χ4v) is 1.43. The van der Waals surface area contributed by atoms with E-state index in [0.29, 0.717) is 11.7 Å². The van der Waals surface area contributed by atoms with E-state index in [9.17, 15) is 0 Å². The van der Waals surface area contributed by atoms with Gasteiger partial charge in [-0.15, -0.1) is 11.3 Å². The monoisotopic (exact) mass is 181 g/mol. The third-order valence-electron chi connectivity index (χ3n) is 1.36. The van der Waals surface area contributed by atoms with E-state index in [1.165, 1.54) is 17.7 Å². The molecule has 0 atom stereocenters. The van der Waals surface area contributed by atoms with E-state index in [2.05, 4.69) is 15.1 Å². The summed E-state index contributed by atoms with van der Waals surface area (Å²) in [6.45, 7) is 0.633. The molecule has 5 nitrogen and oxygen atoms in total. The first-order chi connectivity index (χ1) is 5.84. The molecule has 0 saturated heterocycles. The van der Waals surface area contributed by atoms with Gasteiger partial charge in [-0.25, -0.2) is 14.6 Å². The topological polar surface area (TPSA) is 69.6 Å². The Bertz CT molecular complexity index is 352. The molecule has 0 unspecified atom stereocenters. The van der Waals surface area contributed by atoms with E-state index in [1.807, 2.05) is 5.38 Å². The molecule has 0 spiro atoms. The maximum absolute atomic E-state index is 5.47. The fraction of sp³-hybridized carbons (Fsp3) is 0.167. The van der Waals surface area contributed by atoms with E-state index in [1.54, 1.807) is 11.0 Å². The molecule has 0 radical (unpaired) electrons. The second-order valence-electron chi connectivity index (χ2n) is 2.27. The average Bonchev–Trinajstić information content (AvgIpc) is 2.63. The van der Waals surface area contributed by atoms with Crippen LogP contribution in [0.3, 0.4) is 0 Å². The van der Waals surface area contributed by atoms with Crippen LogP contribution in [-0.4, -0.2) is 19.7 Å². The third-order valence-corrected chi connectivity index (χ3v) is 2.08. The van der Waals surface area contributed by atoms with E-state index >= 15 is 0 Å². The van der Waals surface area contributed by atoms with Crippen LogP contribution in [0.1, 0.15) is 5.69 Å². The number of anilines is 1. The van der Waals surface area contributed by atoms with Gasteiger partial charge in [0.25, 0.3) is 0 Å². The van der Waals surface area contributed by atoms with Gasteiger partial charge in [0.15, 0.2) is 5.13 Å². The Morgan fingerprint density at radius 2 is 2.50 bits per heavy atom. The molecule has 2 heterocycles. The van der Waals surface area contributed by atoms with Gasteiger partial charge in [0.2, 0.25) is 0 Å². The minimum absolute atomic E-state index is 0.588. The van der Waals surface area contributed by atoms with Crippen molar-refractivity contribution >= 4 is 16.5 Å². The summed E-state index contributed by atoms with van der Waals surface area (Å²) < 4.78 is 1.70. The van der Waals surface area contributed by atoms with Crippen LogP contribution in [0.15, 0.2) is 18.0 Å². The number of nitrogens with two attached hydrogens (primary N) is 1. The van der Waals surface area contributed by atoms with E-state index < -0.39 is 0 Å². The lowest BCUT2D eigenvalue weighted by Crippen LogP contribution is -2.00. The first-order valence-electron chi connectivity index (χ1n) is 3.37. The van der Waals surface area contributed by atoms with Crippen LogP contribution < -0.4 is 5.73 Å². The molecule has 0 saturated carbocycles. The van der Waals surface area contributed by atoms with E-state index in [0.717, 1.165) is 5.69 Å². The molecule has 0 amide bonds. The Hall–Kier alpha value is -1.43. The number of thiazole rings is 1. The van der Waals surface area contributed by atoms with Gasteiger partial charge in [0, 0.05) is 5.38 Å². The highest BCUT2D eigenvalue weighted by Crippen LogP contribution is 2.11. The number of rotatable bonds is 2. The van der Waals surface area contributed by atoms with Gasteiger partial charge in [-0.1, -0.05) is 0 Å². The molecule has 6 heteroatoms. The number of hydrogen-bond acceptors (Lipinski definition) is 5. The zero-order valence-electron chi connectivity index (χ0n) is 6.21. The Kier molecular flexibility index (Phi) is 1.75. The van der Waals surface area contributed by atoms with Crippen molar-refractivity contribution in [3.05, 3.63) is 23.7 Å². The van der Waals surface area contributed by atoms with Crippen molar-refractivity contribution < 1.29 is 0 Å². The van der Waals surface area contributed by atoms with Gasteiger partial charge in [0.1, 0.15) is 12.7 Å². The molecule has 62 valence electrons. The van der Waals surface area contributed by atoms with Crippen LogP contribution in [0.25, 0.3) is 0 Å². The van der Waals surface area contributed by atoms with Gasteiger partial charge >= 0.3 is 0 Å². The maximum atomic E-state index is 5.47. The van der Waals surface area contributed by atoms with Crippen molar-refractivity contribution in [2.45, 2.75) is 6.54 Å². The molecular weight excluding hydrogens is 174 g/mol. The van der Waals surface area contributed by atoms with Crippen LogP contribution in [-0.2, 0) is 6.54 Å². The van der Waals surface area contributed by atoms with Crippen molar-refractivity contribution in [3.8, 4) is 0 Å². The summed E-state index contributed by atoms with van der Waals surface area (Å²) in [5.74, 6) is 0. The molecule has 0 bridgehead atoms. The first kappa shape index (κ1) is 7.23. The van der Waals surface area contributed by atoms with Crippen LogP contribution in [0, 0.1) is 0 Å². The van der Waals surface area contributed by atoms with Crippen LogP contribution >= 0.6 is 11.3 Å². The number of hydrogen-bond donors (Lipinski definition) is 1. The summed E-state index contributed by atoms with van der Waals surface area (Å²) in [7, 11) is 0. The molecular formula is C6H7N5S. The van der Waals surface area contributed by atoms with Crippen molar-refractivity contribution in [2.24, 2.45) is 0 Å². The number of nitrogens with zero attached hydrogens (tertiary/aromatic N) is 4. The molecule has 0 aliphatic heterocycles. The van der Waals surface area contributed by atoms with Crippen LogP contribution in [0.5, 0.6) is 0 Å².